The highest BCUT2D eigenvalue weighted by molar-refractivity contribution is 7.90. The normalized spacial score (nSPS) is 23.4. The Morgan fingerprint density at radius 3 is 2.80 bits per heavy atom. The molecule has 1 atom stereocenters. The Morgan fingerprint density at radius 1 is 1.35 bits per heavy atom. The molecule has 1 fully saturated rings. The van der Waals surface area contributed by atoms with Crippen molar-refractivity contribution in [2.75, 3.05) is 13.1 Å². The molecule has 0 aliphatic carbocycles. The van der Waals surface area contributed by atoms with Crippen molar-refractivity contribution in [2.24, 2.45) is 4.99 Å². The van der Waals surface area contributed by atoms with Gasteiger partial charge in [-0.1, -0.05) is 0 Å². The van der Waals surface area contributed by atoms with Crippen molar-refractivity contribution in [3.05, 3.63) is 12.0 Å². The van der Waals surface area contributed by atoms with Gasteiger partial charge in [-0.3, -0.25) is 0 Å². The topological polar surface area (TPSA) is 67.6 Å². The van der Waals surface area contributed by atoms with E-state index in [1.165, 1.54) is 6.33 Å². The van der Waals surface area contributed by atoms with Crippen molar-refractivity contribution < 1.29 is 21.6 Å². The molecule has 1 unspecified atom stereocenters. The Hall–Kier alpha value is -1.42. The Balaban J connectivity index is 1.81. The number of imidazole rings is 1. The minimum atomic E-state index is -5.25. The fourth-order valence-electron chi connectivity index (χ4n) is 2.52. The average molecular weight is 308 g/mol. The van der Waals surface area contributed by atoms with Crippen molar-refractivity contribution in [1.82, 2.24) is 13.9 Å². The maximum Gasteiger partial charge on any atom is 0.511 e. The van der Waals surface area contributed by atoms with Gasteiger partial charge in [0, 0.05) is 31.8 Å². The third-order valence-corrected chi connectivity index (χ3v) is 5.12. The summed E-state index contributed by atoms with van der Waals surface area (Å²) in [4.78, 5) is 8.08. The number of aliphatic imine (C=N–C) groups is 1. The molecular formula is C10H11F3N4O2S. The van der Waals surface area contributed by atoms with E-state index >= 15 is 0 Å². The molecule has 0 aromatic carbocycles. The van der Waals surface area contributed by atoms with Gasteiger partial charge in [0.15, 0.2) is 5.82 Å². The molecule has 0 bridgehead atoms. The quantitative estimate of drug-likeness (QED) is 0.825. The van der Waals surface area contributed by atoms with Crippen LogP contribution in [0.4, 0.5) is 19.0 Å². The van der Waals surface area contributed by atoms with E-state index in [2.05, 4.69) is 9.98 Å². The molecule has 110 valence electrons. The van der Waals surface area contributed by atoms with E-state index < -0.39 is 15.5 Å². The Bertz CT molecular complexity index is 665. The highest BCUT2D eigenvalue weighted by Crippen LogP contribution is 2.34. The van der Waals surface area contributed by atoms with Gasteiger partial charge in [0.2, 0.25) is 0 Å². The smallest absolute Gasteiger partial charge is 0.328 e. The predicted octanol–water partition coefficient (Wildman–Crippen LogP) is 1.24. The number of nitrogens with zero attached hydrogens (tertiary/aromatic N) is 4. The van der Waals surface area contributed by atoms with Crippen molar-refractivity contribution in [3.63, 3.8) is 0 Å². The van der Waals surface area contributed by atoms with E-state index in [9.17, 15) is 21.6 Å². The first-order valence-corrected chi connectivity index (χ1v) is 7.39. The second-order valence-electron chi connectivity index (χ2n) is 4.69. The molecule has 3 heterocycles. The van der Waals surface area contributed by atoms with Gasteiger partial charge < -0.3 is 4.57 Å². The number of aromatic nitrogens is 2. The van der Waals surface area contributed by atoms with Crippen LogP contribution in [0.2, 0.25) is 0 Å². The maximum absolute atomic E-state index is 12.5. The number of halogens is 3. The molecule has 10 heteroatoms. The first kappa shape index (κ1) is 13.6. The van der Waals surface area contributed by atoms with Gasteiger partial charge in [-0.25, -0.2) is 18.4 Å². The second kappa shape index (κ2) is 4.29. The van der Waals surface area contributed by atoms with E-state index in [1.807, 2.05) is 0 Å². The van der Waals surface area contributed by atoms with Gasteiger partial charge in [0.25, 0.3) is 0 Å². The lowest BCUT2D eigenvalue weighted by molar-refractivity contribution is -0.0484. The summed E-state index contributed by atoms with van der Waals surface area (Å²) in [6.07, 6.45) is 4.08. The molecular weight excluding hydrogens is 297 g/mol. The van der Waals surface area contributed by atoms with Crippen LogP contribution in [0.3, 0.4) is 0 Å². The first-order valence-electron chi connectivity index (χ1n) is 5.95. The van der Waals surface area contributed by atoms with Gasteiger partial charge in [0.1, 0.15) is 0 Å². The van der Waals surface area contributed by atoms with Gasteiger partial charge in [0.05, 0.1) is 12.0 Å². The minimum absolute atomic E-state index is 0.139. The summed E-state index contributed by atoms with van der Waals surface area (Å²) >= 11 is 0. The maximum atomic E-state index is 12.5. The lowest BCUT2D eigenvalue weighted by Crippen LogP contribution is -2.39. The molecule has 20 heavy (non-hydrogen) atoms. The van der Waals surface area contributed by atoms with Gasteiger partial charge in [-0.15, -0.1) is 0 Å². The monoisotopic (exact) mass is 308 g/mol. The third-order valence-electron chi connectivity index (χ3n) is 3.52. The van der Waals surface area contributed by atoms with Crippen molar-refractivity contribution >= 4 is 22.1 Å². The molecule has 0 saturated carbocycles. The summed E-state index contributed by atoms with van der Waals surface area (Å²) < 4.78 is 62.4. The van der Waals surface area contributed by atoms with Crippen LogP contribution in [0.15, 0.2) is 11.3 Å². The van der Waals surface area contributed by atoms with E-state index in [0.717, 1.165) is 5.69 Å². The first-order chi connectivity index (χ1) is 9.30. The van der Waals surface area contributed by atoms with E-state index in [4.69, 9.17) is 0 Å². The number of hydrogen-bond acceptors (Lipinski definition) is 4. The minimum Gasteiger partial charge on any atom is -0.328 e. The van der Waals surface area contributed by atoms with E-state index in [1.54, 1.807) is 10.8 Å². The zero-order valence-corrected chi connectivity index (χ0v) is 11.0. The molecule has 1 saturated heterocycles. The van der Waals surface area contributed by atoms with Crippen LogP contribution < -0.4 is 0 Å². The molecule has 6 nitrogen and oxygen atoms in total. The van der Waals surface area contributed by atoms with Crippen LogP contribution in [0.5, 0.6) is 0 Å². The van der Waals surface area contributed by atoms with Crippen molar-refractivity contribution in [3.8, 4) is 0 Å². The Kier molecular flexibility index (Phi) is 2.91. The van der Waals surface area contributed by atoms with Gasteiger partial charge >= 0.3 is 15.5 Å². The average Bonchev–Trinajstić information content (AvgIpc) is 3.02. The zero-order valence-electron chi connectivity index (χ0n) is 10.2. The molecule has 0 N–H and O–H groups in total. The summed E-state index contributed by atoms with van der Waals surface area (Å²) in [6, 6.07) is -0.329. The van der Waals surface area contributed by atoms with Crippen LogP contribution >= 0.6 is 0 Å². The largest absolute Gasteiger partial charge is 0.511 e. The number of sulfonamides is 1. The molecule has 3 rings (SSSR count). The molecule has 1 aromatic rings. The van der Waals surface area contributed by atoms with Crippen LogP contribution in [-0.2, 0) is 16.4 Å². The molecule has 0 spiro atoms. The van der Waals surface area contributed by atoms with Crippen molar-refractivity contribution in [2.45, 2.75) is 24.4 Å². The lowest BCUT2D eigenvalue weighted by Gasteiger charge is -2.19. The van der Waals surface area contributed by atoms with Crippen molar-refractivity contribution in [1.29, 1.82) is 0 Å². The molecule has 2 aliphatic heterocycles. The zero-order chi connectivity index (χ0) is 14.5. The summed E-state index contributed by atoms with van der Waals surface area (Å²) in [5.74, 6) is 0.558. The standard InChI is InChI=1S/C10H11F3N4O2S/c11-10(12,13)20(18,19)16-4-2-7(5-16)17-6-15-9-8(17)1-3-14-9/h3,6-7H,1-2,4-5H2. The SMILES string of the molecule is O=S(=O)(N1CCC(n2cnc3c2CC=N3)C1)C(F)(F)F. The second-order valence-corrected chi connectivity index (χ2v) is 6.62. The number of alkyl halides is 3. The van der Waals surface area contributed by atoms with Crippen LogP contribution in [-0.4, -0.2) is 47.1 Å². The molecule has 1 aromatic heterocycles. The van der Waals surface area contributed by atoms with Gasteiger partial charge in [-0.2, -0.15) is 17.5 Å². The Morgan fingerprint density at radius 2 is 2.10 bits per heavy atom. The van der Waals surface area contributed by atoms with Gasteiger partial charge in [-0.05, 0) is 6.42 Å². The molecule has 2 aliphatic rings. The number of fused-ring (bicyclic) bond motifs is 1. The number of rotatable bonds is 2. The number of hydrogen-bond donors (Lipinski definition) is 0. The summed E-state index contributed by atoms with van der Waals surface area (Å²) in [7, 11) is -5.25. The van der Waals surface area contributed by atoms with Crippen LogP contribution in [0.25, 0.3) is 0 Å². The van der Waals surface area contributed by atoms with E-state index in [0.29, 0.717) is 23.0 Å². The molecule has 0 amide bonds. The lowest BCUT2D eigenvalue weighted by atomic mass is 10.2. The Labute approximate surface area is 113 Å². The summed E-state index contributed by atoms with van der Waals surface area (Å²) in [6.45, 7) is -0.328. The highest BCUT2D eigenvalue weighted by atomic mass is 32.2. The third kappa shape index (κ3) is 1.94. The predicted molar refractivity (Wildman–Crippen MR) is 64.3 cm³/mol. The molecule has 0 radical (unpaired) electrons. The van der Waals surface area contributed by atoms with Crippen LogP contribution in [0, 0.1) is 0 Å². The fraction of sp³-hybridized carbons (Fsp3) is 0.600. The van der Waals surface area contributed by atoms with Crippen LogP contribution in [0.1, 0.15) is 18.2 Å². The summed E-state index contributed by atoms with van der Waals surface area (Å²) in [5.41, 5.74) is -4.43. The fourth-order valence-corrected chi connectivity index (χ4v) is 3.52. The highest BCUT2D eigenvalue weighted by Gasteiger charge is 2.51. The van der Waals surface area contributed by atoms with E-state index in [-0.39, 0.29) is 19.1 Å². The summed E-state index contributed by atoms with van der Waals surface area (Å²) in [5, 5.41) is 0.